The van der Waals surface area contributed by atoms with Gasteiger partial charge in [0.05, 0.1) is 13.2 Å². The van der Waals surface area contributed by atoms with Crippen molar-refractivity contribution in [3.8, 4) is 0 Å². The van der Waals surface area contributed by atoms with E-state index >= 15 is 0 Å². The molecule has 0 saturated carbocycles. The third-order valence-corrected chi connectivity index (χ3v) is 5.13. The Balaban J connectivity index is 2.01. The smallest absolute Gasteiger partial charge is 0.231 e. The lowest BCUT2D eigenvalue weighted by Crippen LogP contribution is -2.43. The fourth-order valence-corrected chi connectivity index (χ4v) is 3.86. The second-order valence-electron chi connectivity index (χ2n) is 4.30. The van der Waals surface area contributed by atoms with Gasteiger partial charge in [-0.25, -0.2) is 8.42 Å². The minimum atomic E-state index is -3.10. The largest absolute Gasteiger partial charge is 0.379 e. The molecule has 5 nitrogen and oxygen atoms in total. The van der Waals surface area contributed by atoms with Crippen LogP contribution in [0.25, 0.3) is 0 Å². The fraction of sp³-hybridized carbons (Fsp3) is 1.00. The zero-order valence-corrected chi connectivity index (χ0v) is 10.0. The van der Waals surface area contributed by atoms with Crippen LogP contribution in [0.5, 0.6) is 0 Å². The molecule has 88 valence electrons. The lowest BCUT2D eigenvalue weighted by molar-refractivity contribution is 0.0727. The standard InChI is InChI=1S/C9H18N2O3S/c1-8(2)11-7-9(11)15(12,13)10-3-5-14-6-4-10/h8-9H,3-7H2,1-2H3. The molecule has 0 N–H and O–H groups in total. The first-order chi connectivity index (χ1) is 7.03. The number of sulfonamides is 1. The van der Waals surface area contributed by atoms with Gasteiger partial charge in [0.15, 0.2) is 0 Å². The summed E-state index contributed by atoms with van der Waals surface area (Å²) in [5.74, 6) is 0. The van der Waals surface area contributed by atoms with Gasteiger partial charge < -0.3 is 4.74 Å². The Morgan fingerprint density at radius 2 is 1.87 bits per heavy atom. The monoisotopic (exact) mass is 234 g/mol. The summed E-state index contributed by atoms with van der Waals surface area (Å²) in [6.45, 7) is 6.78. The molecule has 2 heterocycles. The van der Waals surface area contributed by atoms with E-state index in [1.807, 2.05) is 18.7 Å². The molecule has 2 saturated heterocycles. The molecule has 2 unspecified atom stereocenters. The lowest BCUT2D eigenvalue weighted by Gasteiger charge is -2.26. The summed E-state index contributed by atoms with van der Waals surface area (Å²) in [6.07, 6.45) is 0. The third-order valence-electron chi connectivity index (χ3n) is 2.94. The summed E-state index contributed by atoms with van der Waals surface area (Å²) < 4.78 is 30.9. The van der Waals surface area contributed by atoms with E-state index < -0.39 is 10.0 Å². The van der Waals surface area contributed by atoms with E-state index in [1.165, 1.54) is 0 Å². The van der Waals surface area contributed by atoms with Gasteiger partial charge in [-0.1, -0.05) is 0 Å². The number of nitrogens with zero attached hydrogens (tertiary/aromatic N) is 2. The molecule has 0 aromatic carbocycles. The van der Waals surface area contributed by atoms with Crippen molar-refractivity contribution in [2.75, 3.05) is 32.8 Å². The molecule has 2 atom stereocenters. The first-order valence-electron chi connectivity index (χ1n) is 5.36. The third kappa shape index (κ3) is 2.18. The molecule has 0 amide bonds. The van der Waals surface area contributed by atoms with Gasteiger partial charge in [0.1, 0.15) is 5.37 Å². The molecule has 0 radical (unpaired) electrons. The van der Waals surface area contributed by atoms with Crippen LogP contribution < -0.4 is 0 Å². The number of morpholine rings is 1. The quantitative estimate of drug-likeness (QED) is 0.629. The van der Waals surface area contributed by atoms with Gasteiger partial charge in [-0.15, -0.1) is 0 Å². The Morgan fingerprint density at radius 1 is 1.27 bits per heavy atom. The zero-order chi connectivity index (χ0) is 11.1. The number of ether oxygens (including phenoxy) is 1. The van der Waals surface area contributed by atoms with Crippen molar-refractivity contribution in [2.45, 2.75) is 25.3 Å². The molecule has 0 aromatic heterocycles. The van der Waals surface area contributed by atoms with Gasteiger partial charge in [0.25, 0.3) is 0 Å². The molecule has 15 heavy (non-hydrogen) atoms. The Bertz CT molecular complexity index is 322. The molecule has 0 aromatic rings. The van der Waals surface area contributed by atoms with Crippen molar-refractivity contribution in [3.05, 3.63) is 0 Å². The molecule has 2 rings (SSSR count). The van der Waals surface area contributed by atoms with Crippen molar-refractivity contribution in [2.24, 2.45) is 0 Å². The van der Waals surface area contributed by atoms with Crippen LogP contribution in [0.1, 0.15) is 13.8 Å². The van der Waals surface area contributed by atoms with Crippen molar-refractivity contribution < 1.29 is 13.2 Å². The minimum absolute atomic E-state index is 0.282. The van der Waals surface area contributed by atoms with Crippen LogP contribution in [0.4, 0.5) is 0 Å². The average molecular weight is 234 g/mol. The van der Waals surface area contributed by atoms with E-state index in [9.17, 15) is 8.42 Å². The van der Waals surface area contributed by atoms with Crippen molar-refractivity contribution >= 4 is 10.0 Å². The normalized spacial score (nSPS) is 33.3. The summed E-state index contributed by atoms with van der Waals surface area (Å²) in [4.78, 5) is 1.99. The second-order valence-corrected chi connectivity index (χ2v) is 6.39. The van der Waals surface area contributed by atoms with Crippen molar-refractivity contribution in [3.63, 3.8) is 0 Å². The van der Waals surface area contributed by atoms with E-state index in [0.29, 0.717) is 38.9 Å². The number of hydrogen-bond acceptors (Lipinski definition) is 4. The predicted octanol–water partition coefficient (Wildman–Crippen LogP) is -0.301. The van der Waals surface area contributed by atoms with E-state index in [0.717, 1.165) is 0 Å². The Kier molecular flexibility index (Phi) is 3.03. The topological polar surface area (TPSA) is 49.6 Å². The molecule has 2 aliphatic rings. The highest BCUT2D eigenvalue weighted by molar-refractivity contribution is 7.90. The maximum Gasteiger partial charge on any atom is 0.231 e. The first-order valence-corrected chi connectivity index (χ1v) is 6.86. The molecule has 0 spiro atoms. The molecule has 6 heteroatoms. The van der Waals surface area contributed by atoms with Crippen LogP contribution in [0, 0.1) is 0 Å². The van der Waals surface area contributed by atoms with Crippen LogP contribution >= 0.6 is 0 Å². The van der Waals surface area contributed by atoms with E-state index in [2.05, 4.69) is 0 Å². The minimum Gasteiger partial charge on any atom is -0.379 e. The van der Waals surface area contributed by atoms with Crippen molar-refractivity contribution in [1.29, 1.82) is 0 Å². The van der Waals surface area contributed by atoms with E-state index in [1.54, 1.807) is 4.31 Å². The SMILES string of the molecule is CC(C)N1CC1S(=O)(=O)N1CCOCC1. The molecule has 0 aliphatic carbocycles. The highest BCUT2D eigenvalue weighted by Gasteiger charge is 2.49. The first kappa shape index (κ1) is 11.3. The maximum absolute atomic E-state index is 12.1. The lowest BCUT2D eigenvalue weighted by atomic mass is 10.4. The van der Waals surface area contributed by atoms with Gasteiger partial charge in [0, 0.05) is 25.7 Å². The fourth-order valence-electron chi connectivity index (χ4n) is 1.92. The van der Waals surface area contributed by atoms with Crippen LogP contribution in [-0.2, 0) is 14.8 Å². The van der Waals surface area contributed by atoms with Gasteiger partial charge >= 0.3 is 0 Å². The van der Waals surface area contributed by atoms with E-state index in [4.69, 9.17) is 4.74 Å². The Morgan fingerprint density at radius 3 is 2.33 bits per heavy atom. The zero-order valence-electron chi connectivity index (χ0n) is 9.22. The molecule has 0 bridgehead atoms. The van der Waals surface area contributed by atoms with Crippen LogP contribution in [0.15, 0.2) is 0 Å². The maximum atomic E-state index is 12.1. The summed E-state index contributed by atoms with van der Waals surface area (Å²) in [6, 6.07) is 0.311. The highest BCUT2D eigenvalue weighted by atomic mass is 32.2. The Labute approximate surface area is 91.0 Å². The van der Waals surface area contributed by atoms with Gasteiger partial charge in [-0.2, -0.15) is 4.31 Å². The summed E-state index contributed by atoms with van der Waals surface area (Å²) in [7, 11) is -3.10. The summed E-state index contributed by atoms with van der Waals surface area (Å²) in [5.41, 5.74) is 0. The van der Waals surface area contributed by atoms with Crippen LogP contribution in [-0.4, -0.2) is 61.9 Å². The van der Waals surface area contributed by atoms with E-state index in [-0.39, 0.29) is 5.37 Å². The Hall–Kier alpha value is -0.170. The predicted molar refractivity (Wildman–Crippen MR) is 56.9 cm³/mol. The van der Waals surface area contributed by atoms with Gasteiger partial charge in [-0.05, 0) is 13.8 Å². The van der Waals surface area contributed by atoms with Crippen LogP contribution in [0.2, 0.25) is 0 Å². The van der Waals surface area contributed by atoms with Gasteiger partial charge in [0.2, 0.25) is 10.0 Å². The van der Waals surface area contributed by atoms with Crippen molar-refractivity contribution in [1.82, 2.24) is 9.21 Å². The molecular weight excluding hydrogens is 216 g/mol. The number of hydrogen-bond donors (Lipinski definition) is 0. The van der Waals surface area contributed by atoms with Gasteiger partial charge in [-0.3, -0.25) is 4.90 Å². The molecular formula is C9H18N2O3S. The van der Waals surface area contributed by atoms with Crippen LogP contribution in [0.3, 0.4) is 0 Å². The molecule has 2 aliphatic heterocycles. The molecule has 2 fully saturated rings. The second kappa shape index (κ2) is 4.01. The summed E-state index contributed by atoms with van der Waals surface area (Å²) >= 11 is 0. The number of rotatable bonds is 3. The highest BCUT2D eigenvalue weighted by Crippen LogP contribution is 2.28. The summed E-state index contributed by atoms with van der Waals surface area (Å²) in [5, 5.41) is -0.282. The average Bonchev–Trinajstić information content (AvgIpc) is 2.99.